The fraction of sp³-hybridized carbons (Fsp3) is 0.143. The Balaban J connectivity index is 2.35. The van der Waals surface area contributed by atoms with Gasteiger partial charge < -0.3 is 10.1 Å². The fourth-order valence-corrected chi connectivity index (χ4v) is 1.42. The maximum Gasteiger partial charge on any atom is 0.331 e. The fourth-order valence-electron chi connectivity index (χ4n) is 1.16. The molecule has 0 bridgehead atoms. The van der Waals surface area contributed by atoms with Gasteiger partial charge in [0.15, 0.2) is 6.61 Å². The van der Waals surface area contributed by atoms with Gasteiger partial charge in [0.05, 0.1) is 0 Å². The Hall–Kier alpha value is -1.88. The highest BCUT2D eigenvalue weighted by atomic mass is 79.9. The number of carbonyl (C=O) groups excluding carboxylic acids is 2. The topological polar surface area (TPSA) is 55.4 Å². The molecule has 0 heterocycles. The van der Waals surface area contributed by atoms with Crippen molar-refractivity contribution in [3.63, 3.8) is 0 Å². The Labute approximate surface area is 120 Å². The first kappa shape index (κ1) is 15.2. The second kappa shape index (κ2) is 8.26. The van der Waals surface area contributed by atoms with Gasteiger partial charge in [0.2, 0.25) is 0 Å². The molecule has 0 saturated carbocycles. The van der Waals surface area contributed by atoms with Crippen molar-refractivity contribution in [3.8, 4) is 0 Å². The van der Waals surface area contributed by atoms with Gasteiger partial charge in [0.25, 0.3) is 5.91 Å². The molecule has 1 aromatic rings. The lowest BCUT2D eigenvalue weighted by Crippen LogP contribution is -2.20. The molecule has 0 aliphatic carbocycles. The lowest BCUT2D eigenvalue weighted by atomic mass is 10.3. The van der Waals surface area contributed by atoms with Gasteiger partial charge in [-0.05, 0) is 31.2 Å². The molecule has 0 aliphatic rings. The SMILES string of the molecule is C/C=C/C=C/C(=O)OCC(=O)Nc1ccc(Br)cc1. The van der Waals surface area contributed by atoms with Gasteiger partial charge in [-0.1, -0.05) is 34.2 Å². The number of allylic oxidation sites excluding steroid dienone is 3. The smallest absolute Gasteiger partial charge is 0.331 e. The zero-order valence-corrected chi connectivity index (χ0v) is 12.0. The van der Waals surface area contributed by atoms with E-state index in [1.807, 2.05) is 6.92 Å². The minimum atomic E-state index is -0.552. The summed E-state index contributed by atoms with van der Waals surface area (Å²) in [7, 11) is 0. The summed E-state index contributed by atoms with van der Waals surface area (Å²) in [4.78, 5) is 22.7. The number of amides is 1. The van der Waals surface area contributed by atoms with Crippen LogP contribution in [0.25, 0.3) is 0 Å². The van der Waals surface area contributed by atoms with Gasteiger partial charge in [-0.3, -0.25) is 4.79 Å². The molecule has 0 aromatic heterocycles. The van der Waals surface area contributed by atoms with Crippen molar-refractivity contribution >= 4 is 33.5 Å². The van der Waals surface area contributed by atoms with Crippen molar-refractivity contribution in [2.24, 2.45) is 0 Å². The normalized spacial score (nSPS) is 10.8. The average Bonchev–Trinajstić information content (AvgIpc) is 2.39. The molecule has 5 heteroatoms. The zero-order chi connectivity index (χ0) is 14.1. The summed E-state index contributed by atoms with van der Waals surface area (Å²) in [6.45, 7) is 1.52. The summed E-state index contributed by atoms with van der Waals surface area (Å²) in [6.07, 6.45) is 6.29. The predicted octanol–water partition coefficient (Wildman–Crippen LogP) is 3.06. The van der Waals surface area contributed by atoms with Gasteiger partial charge in [-0.2, -0.15) is 0 Å². The minimum absolute atomic E-state index is 0.310. The third-order valence-corrected chi connectivity index (χ3v) is 2.54. The summed E-state index contributed by atoms with van der Waals surface area (Å²) in [5, 5.41) is 2.62. The summed E-state index contributed by atoms with van der Waals surface area (Å²) in [6, 6.07) is 7.11. The summed E-state index contributed by atoms with van der Waals surface area (Å²) >= 11 is 3.30. The van der Waals surface area contributed by atoms with Gasteiger partial charge in [0, 0.05) is 16.2 Å². The van der Waals surface area contributed by atoms with Crippen LogP contribution in [0, 0.1) is 0 Å². The Morgan fingerprint density at radius 2 is 1.95 bits per heavy atom. The van der Waals surface area contributed by atoms with E-state index in [0.29, 0.717) is 5.69 Å². The number of halogens is 1. The Morgan fingerprint density at radius 1 is 1.26 bits per heavy atom. The highest BCUT2D eigenvalue weighted by Crippen LogP contribution is 2.13. The van der Waals surface area contributed by atoms with Crippen molar-refractivity contribution < 1.29 is 14.3 Å². The highest BCUT2D eigenvalue weighted by molar-refractivity contribution is 9.10. The van der Waals surface area contributed by atoms with Crippen LogP contribution in [0.4, 0.5) is 5.69 Å². The third-order valence-electron chi connectivity index (χ3n) is 2.01. The molecule has 4 nitrogen and oxygen atoms in total. The summed E-state index contributed by atoms with van der Waals surface area (Å²) in [5.74, 6) is -0.931. The number of carbonyl (C=O) groups is 2. The number of ether oxygens (including phenoxy) is 1. The van der Waals surface area contributed by atoms with Crippen molar-refractivity contribution in [2.45, 2.75) is 6.92 Å². The number of benzene rings is 1. The van der Waals surface area contributed by atoms with Crippen LogP contribution in [0.15, 0.2) is 53.0 Å². The van der Waals surface area contributed by atoms with E-state index in [4.69, 9.17) is 4.74 Å². The van der Waals surface area contributed by atoms with Gasteiger partial charge >= 0.3 is 5.97 Å². The molecule has 1 N–H and O–H groups in total. The van der Waals surface area contributed by atoms with Crippen molar-refractivity contribution in [3.05, 3.63) is 53.0 Å². The van der Waals surface area contributed by atoms with Crippen LogP contribution in [-0.4, -0.2) is 18.5 Å². The van der Waals surface area contributed by atoms with Crippen molar-refractivity contribution in [1.29, 1.82) is 0 Å². The largest absolute Gasteiger partial charge is 0.452 e. The van der Waals surface area contributed by atoms with Crippen LogP contribution in [0.3, 0.4) is 0 Å². The van der Waals surface area contributed by atoms with Gasteiger partial charge in [0.1, 0.15) is 0 Å². The number of esters is 1. The third kappa shape index (κ3) is 6.57. The zero-order valence-electron chi connectivity index (χ0n) is 10.4. The Bertz CT molecular complexity index is 492. The molecular weight excluding hydrogens is 310 g/mol. The molecule has 19 heavy (non-hydrogen) atoms. The van der Waals surface area contributed by atoms with Crippen LogP contribution < -0.4 is 5.32 Å². The maximum absolute atomic E-state index is 11.5. The maximum atomic E-state index is 11.5. The van der Waals surface area contributed by atoms with E-state index in [-0.39, 0.29) is 12.5 Å². The summed E-state index contributed by atoms with van der Waals surface area (Å²) in [5.41, 5.74) is 0.647. The van der Waals surface area contributed by atoms with E-state index in [0.717, 1.165) is 4.47 Å². The van der Waals surface area contributed by atoms with E-state index in [1.54, 1.807) is 42.5 Å². The second-order valence-corrected chi connectivity index (χ2v) is 4.46. The Morgan fingerprint density at radius 3 is 2.58 bits per heavy atom. The molecular formula is C14H14BrNO3. The number of rotatable bonds is 5. The second-order valence-electron chi connectivity index (χ2n) is 3.55. The van der Waals surface area contributed by atoms with Crippen molar-refractivity contribution in [2.75, 3.05) is 11.9 Å². The molecule has 0 fully saturated rings. The van der Waals surface area contributed by atoms with E-state index < -0.39 is 5.97 Å². The van der Waals surface area contributed by atoms with E-state index >= 15 is 0 Å². The average molecular weight is 324 g/mol. The van der Waals surface area contributed by atoms with Crippen LogP contribution in [-0.2, 0) is 14.3 Å². The van der Waals surface area contributed by atoms with Crippen LogP contribution in [0.1, 0.15) is 6.92 Å². The molecule has 0 aliphatic heterocycles. The molecule has 1 rings (SSSR count). The van der Waals surface area contributed by atoms with E-state index in [1.165, 1.54) is 6.08 Å². The minimum Gasteiger partial charge on any atom is -0.452 e. The monoisotopic (exact) mass is 323 g/mol. The van der Waals surface area contributed by atoms with E-state index in [2.05, 4.69) is 21.2 Å². The molecule has 0 unspecified atom stereocenters. The quantitative estimate of drug-likeness (QED) is 0.514. The lowest BCUT2D eigenvalue weighted by molar-refractivity contribution is -0.142. The Kier molecular flexibility index (Phi) is 6.60. The first-order valence-corrected chi connectivity index (χ1v) is 6.42. The lowest BCUT2D eigenvalue weighted by Gasteiger charge is -2.05. The van der Waals surface area contributed by atoms with Crippen molar-refractivity contribution in [1.82, 2.24) is 0 Å². The predicted molar refractivity (Wildman–Crippen MR) is 77.7 cm³/mol. The number of hydrogen-bond acceptors (Lipinski definition) is 3. The van der Waals surface area contributed by atoms with Gasteiger partial charge in [-0.15, -0.1) is 0 Å². The van der Waals surface area contributed by atoms with E-state index in [9.17, 15) is 9.59 Å². The van der Waals surface area contributed by atoms with Crippen LogP contribution in [0.2, 0.25) is 0 Å². The molecule has 0 saturated heterocycles. The number of nitrogens with one attached hydrogen (secondary N) is 1. The molecule has 0 spiro atoms. The van der Waals surface area contributed by atoms with Gasteiger partial charge in [-0.25, -0.2) is 4.79 Å². The first-order chi connectivity index (χ1) is 9.11. The summed E-state index contributed by atoms with van der Waals surface area (Å²) < 4.78 is 5.69. The molecule has 0 atom stereocenters. The first-order valence-electron chi connectivity index (χ1n) is 5.63. The molecule has 1 aromatic carbocycles. The standard InChI is InChI=1S/C14H14BrNO3/c1-2-3-4-5-14(18)19-10-13(17)16-12-8-6-11(15)7-9-12/h2-9H,10H2,1H3,(H,16,17)/b3-2+,5-4+. The van der Waals surface area contributed by atoms with Crippen LogP contribution in [0.5, 0.6) is 0 Å². The molecule has 1 amide bonds. The van der Waals surface area contributed by atoms with Crippen LogP contribution >= 0.6 is 15.9 Å². The molecule has 100 valence electrons. The highest BCUT2D eigenvalue weighted by Gasteiger charge is 2.05. The number of hydrogen-bond donors (Lipinski definition) is 1. The number of anilines is 1. The molecule has 0 radical (unpaired) electrons.